The summed E-state index contributed by atoms with van der Waals surface area (Å²) in [6.45, 7) is 6.95. The van der Waals surface area contributed by atoms with Crippen LogP contribution in [0.5, 0.6) is 11.6 Å². The third kappa shape index (κ3) is 4.36. The fourth-order valence-electron chi connectivity index (χ4n) is 4.23. The summed E-state index contributed by atoms with van der Waals surface area (Å²) in [7, 11) is 1.56. The molecule has 4 heterocycles. The molecule has 0 spiro atoms. The van der Waals surface area contributed by atoms with Crippen LogP contribution in [0.3, 0.4) is 0 Å². The van der Waals surface area contributed by atoms with Gasteiger partial charge >= 0.3 is 0 Å². The van der Waals surface area contributed by atoms with Gasteiger partial charge in [-0.3, -0.25) is 4.79 Å². The molecule has 0 atom stereocenters. The molecular formula is C24H27N5O4. The van der Waals surface area contributed by atoms with Gasteiger partial charge in [0.15, 0.2) is 5.69 Å². The van der Waals surface area contributed by atoms with Gasteiger partial charge in [-0.1, -0.05) is 0 Å². The summed E-state index contributed by atoms with van der Waals surface area (Å²) < 4.78 is 18.5. The number of carbonyl (C=O) groups excluding carboxylic acids is 1. The van der Waals surface area contributed by atoms with Crippen molar-refractivity contribution in [3.05, 3.63) is 54.0 Å². The maximum atomic E-state index is 13.1. The number of nitrogens with zero attached hydrogens (tertiary/aromatic N) is 4. The largest absolute Gasteiger partial charge is 0.487 e. The second-order valence-electron chi connectivity index (χ2n) is 8.77. The lowest BCUT2D eigenvalue weighted by Gasteiger charge is -2.31. The minimum atomic E-state index is -0.276. The third-order valence-corrected chi connectivity index (χ3v) is 5.80. The molecule has 0 aliphatic carbocycles. The Hall–Kier alpha value is -3.59. The van der Waals surface area contributed by atoms with Crippen LogP contribution >= 0.6 is 0 Å². The topological polar surface area (TPSA) is 90.7 Å². The Morgan fingerprint density at radius 1 is 1.18 bits per heavy atom. The van der Waals surface area contributed by atoms with E-state index < -0.39 is 0 Å². The lowest BCUT2D eigenvalue weighted by Crippen LogP contribution is -2.36. The number of benzene rings is 1. The molecule has 1 aromatic carbocycles. The van der Waals surface area contributed by atoms with Gasteiger partial charge in [-0.15, -0.1) is 0 Å². The van der Waals surface area contributed by atoms with E-state index in [0.29, 0.717) is 24.8 Å². The summed E-state index contributed by atoms with van der Waals surface area (Å²) in [6.07, 6.45) is 4.16. The van der Waals surface area contributed by atoms with Crippen LogP contribution in [0.2, 0.25) is 0 Å². The molecule has 2 aliphatic rings. The van der Waals surface area contributed by atoms with Crippen molar-refractivity contribution in [1.82, 2.24) is 14.8 Å². The van der Waals surface area contributed by atoms with E-state index in [0.717, 1.165) is 47.9 Å². The second kappa shape index (κ2) is 8.40. The number of morpholine rings is 1. The number of pyridine rings is 1. The number of methoxy groups -OCH3 is 1. The zero-order valence-electron chi connectivity index (χ0n) is 19.0. The molecule has 1 amide bonds. The Kier molecular flexibility index (Phi) is 5.41. The van der Waals surface area contributed by atoms with E-state index in [4.69, 9.17) is 14.2 Å². The summed E-state index contributed by atoms with van der Waals surface area (Å²) in [4.78, 5) is 19.5. The van der Waals surface area contributed by atoms with Crippen LogP contribution in [0.15, 0.2) is 42.7 Å². The number of ether oxygens (including phenoxy) is 3. The van der Waals surface area contributed by atoms with Crippen LogP contribution in [0.25, 0.3) is 5.69 Å². The van der Waals surface area contributed by atoms with Gasteiger partial charge in [0.1, 0.15) is 11.4 Å². The highest BCUT2D eigenvalue weighted by Crippen LogP contribution is 2.42. The quantitative estimate of drug-likeness (QED) is 0.640. The molecule has 3 aromatic rings. The van der Waals surface area contributed by atoms with Crippen molar-refractivity contribution in [3.63, 3.8) is 0 Å². The lowest BCUT2D eigenvalue weighted by molar-refractivity contribution is 0.102. The Morgan fingerprint density at radius 2 is 2.00 bits per heavy atom. The highest BCUT2D eigenvalue weighted by atomic mass is 16.5. The number of nitrogens with one attached hydrogen (secondary N) is 1. The average molecular weight is 450 g/mol. The first kappa shape index (κ1) is 21.3. The predicted octanol–water partition coefficient (Wildman–Crippen LogP) is 3.08. The van der Waals surface area contributed by atoms with Gasteiger partial charge in [0.05, 0.1) is 37.4 Å². The molecule has 9 nitrogen and oxygen atoms in total. The van der Waals surface area contributed by atoms with Crippen molar-refractivity contribution >= 4 is 17.3 Å². The van der Waals surface area contributed by atoms with Crippen molar-refractivity contribution in [3.8, 4) is 17.3 Å². The SMILES string of the molecule is COc1cc(-n2ccc(C(=O)Nc3cc4c(cc3N3CCOCC3)OC(C)(C)C4)n2)ccn1. The first-order valence-corrected chi connectivity index (χ1v) is 11.0. The van der Waals surface area contributed by atoms with Gasteiger partial charge in [0, 0.05) is 49.6 Å². The van der Waals surface area contributed by atoms with Gasteiger partial charge in [-0.2, -0.15) is 5.10 Å². The predicted molar refractivity (Wildman–Crippen MR) is 124 cm³/mol. The third-order valence-electron chi connectivity index (χ3n) is 5.80. The zero-order valence-corrected chi connectivity index (χ0v) is 19.0. The molecule has 172 valence electrons. The van der Waals surface area contributed by atoms with E-state index in [1.807, 2.05) is 12.1 Å². The molecule has 1 saturated heterocycles. The van der Waals surface area contributed by atoms with Crippen molar-refractivity contribution in [2.24, 2.45) is 0 Å². The molecular weight excluding hydrogens is 422 g/mol. The van der Waals surface area contributed by atoms with Gasteiger partial charge < -0.3 is 24.4 Å². The van der Waals surface area contributed by atoms with Crippen molar-refractivity contribution in [2.75, 3.05) is 43.6 Å². The molecule has 0 radical (unpaired) electrons. The molecule has 0 bridgehead atoms. The van der Waals surface area contributed by atoms with Crippen LogP contribution in [0, 0.1) is 0 Å². The number of amides is 1. The smallest absolute Gasteiger partial charge is 0.276 e. The van der Waals surface area contributed by atoms with E-state index in [1.165, 1.54) is 0 Å². The van der Waals surface area contributed by atoms with E-state index in [9.17, 15) is 4.79 Å². The number of rotatable bonds is 5. The van der Waals surface area contributed by atoms with Crippen molar-refractivity contribution < 1.29 is 19.0 Å². The fourth-order valence-corrected chi connectivity index (χ4v) is 4.23. The molecule has 33 heavy (non-hydrogen) atoms. The molecule has 0 unspecified atom stereocenters. The maximum absolute atomic E-state index is 13.1. The van der Waals surface area contributed by atoms with Gasteiger partial charge in [-0.05, 0) is 32.0 Å². The number of aromatic nitrogens is 3. The summed E-state index contributed by atoms with van der Waals surface area (Å²) >= 11 is 0. The van der Waals surface area contributed by atoms with Crippen LogP contribution < -0.4 is 19.7 Å². The first-order chi connectivity index (χ1) is 15.9. The standard InChI is InChI=1S/C24H27N5O4/c1-24(2)15-16-12-19(20(14-21(16)33-24)28-8-10-32-11-9-28)26-23(30)18-5-7-29(27-18)17-4-6-25-22(13-17)31-3/h4-7,12-14H,8-11,15H2,1-3H3,(H,26,30). The number of anilines is 2. The minimum Gasteiger partial charge on any atom is -0.487 e. The van der Waals surface area contributed by atoms with E-state index in [-0.39, 0.29) is 11.5 Å². The maximum Gasteiger partial charge on any atom is 0.276 e. The summed E-state index contributed by atoms with van der Waals surface area (Å²) in [6, 6.07) is 9.31. The Bertz CT molecular complexity index is 1180. The molecule has 1 N–H and O–H groups in total. The van der Waals surface area contributed by atoms with E-state index >= 15 is 0 Å². The number of carbonyl (C=O) groups is 1. The minimum absolute atomic E-state index is 0.266. The summed E-state index contributed by atoms with van der Waals surface area (Å²) in [5, 5.41) is 7.53. The van der Waals surface area contributed by atoms with Gasteiger partial charge in [-0.25, -0.2) is 9.67 Å². The fraction of sp³-hybridized carbons (Fsp3) is 0.375. The Labute approximate surface area is 192 Å². The first-order valence-electron chi connectivity index (χ1n) is 11.0. The van der Waals surface area contributed by atoms with Crippen molar-refractivity contribution in [2.45, 2.75) is 25.9 Å². The Morgan fingerprint density at radius 3 is 2.79 bits per heavy atom. The highest BCUT2D eigenvalue weighted by molar-refractivity contribution is 6.05. The zero-order chi connectivity index (χ0) is 23.0. The van der Waals surface area contributed by atoms with Crippen molar-refractivity contribution in [1.29, 1.82) is 0 Å². The Balaban J connectivity index is 1.43. The van der Waals surface area contributed by atoms with E-state index in [2.05, 4.69) is 34.1 Å². The number of hydrogen-bond donors (Lipinski definition) is 1. The van der Waals surface area contributed by atoms with Gasteiger partial charge in [0.2, 0.25) is 5.88 Å². The summed E-state index contributed by atoms with van der Waals surface area (Å²) in [5.74, 6) is 1.07. The average Bonchev–Trinajstić information content (AvgIpc) is 3.42. The molecule has 0 saturated carbocycles. The lowest BCUT2D eigenvalue weighted by atomic mass is 10.0. The normalized spacial score (nSPS) is 16.8. The van der Waals surface area contributed by atoms with Crippen LogP contribution in [-0.4, -0.2) is 59.7 Å². The molecule has 1 fully saturated rings. The molecule has 5 rings (SSSR count). The second-order valence-corrected chi connectivity index (χ2v) is 8.77. The summed E-state index contributed by atoms with van der Waals surface area (Å²) in [5.41, 5.74) is 3.57. The van der Waals surface area contributed by atoms with Gasteiger partial charge in [0.25, 0.3) is 5.91 Å². The van der Waals surface area contributed by atoms with Crippen LogP contribution in [0.1, 0.15) is 29.9 Å². The molecule has 9 heteroatoms. The van der Waals surface area contributed by atoms with E-state index in [1.54, 1.807) is 42.4 Å². The highest BCUT2D eigenvalue weighted by Gasteiger charge is 2.32. The molecule has 2 aromatic heterocycles. The monoisotopic (exact) mass is 449 g/mol. The van der Waals surface area contributed by atoms with Crippen LogP contribution in [0.4, 0.5) is 11.4 Å². The van der Waals surface area contributed by atoms with Crippen LogP contribution in [-0.2, 0) is 11.2 Å². The number of fused-ring (bicyclic) bond motifs is 1. The molecule has 2 aliphatic heterocycles. The number of hydrogen-bond acceptors (Lipinski definition) is 7.